The number of hydrogen-bond donors (Lipinski definition) is 1. The molecular formula is C20H18BrFN2O3. The number of hydrogen-bond acceptors (Lipinski definition) is 4. The smallest absolute Gasteiger partial charge is 0.278 e. The molecule has 0 saturated carbocycles. The van der Waals surface area contributed by atoms with E-state index in [1.165, 1.54) is 12.1 Å². The minimum Gasteiger partial charge on any atom is -0.488 e. The number of rotatable bonds is 5. The molecule has 0 saturated heterocycles. The van der Waals surface area contributed by atoms with Gasteiger partial charge in [0.2, 0.25) is 0 Å². The molecule has 1 heterocycles. The van der Waals surface area contributed by atoms with Gasteiger partial charge in [0, 0.05) is 4.47 Å². The minimum atomic E-state index is -0.563. The number of halogens is 2. The largest absolute Gasteiger partial charge is 0.488 e. The Morgan fingerprint density at radius 1 is 1.22 bits per heavy atom. The third-order valence-electron chi connectivity index (χ3n) is 4.08. The highest BCUT2D eigenvalue weighted by molar-refractivity contribution is 9.10. The lowest BCUT2D eigenvalue weighted by Crippen LogP contribution is -2.16. The Hall–Kier alpha value is -2.67. The Kier molecular flexibility index (Phi) is 5.60. The van der Waals surface area contributed by atoms with Gasteiger partial charge in [-0.15, -0.1) is 0 Å². The third-order valence-corrected chi connectivity index (χ3v) is 4.57. The standard InChI is InChI=1S/C20H18BrFN2O3/c1-11-4-7-18(12(2)8-11)26-10-15-13(3)27-24-19(15)20(25)23-17-6-5-14(21)9-16(17)22/h4-9H,10H2,1-3H3,(H,23,25). The number of carbonyl (C=O) groups excluding carboxylic acids is 1. The maximum absolute atomic E-state index is 14.0. The van der Waals surface area contributed by atoms with Crippen LogP contribution in [-0.2, 0) is 6.61 Å². The van der Waals surface area contributed by atoms with Crippen molar-refractivity contribution < 1.29 is 18.4 Å². The Morgan fingerprint density at radius 3 is 2.70 bits per heavy atom. The van der Waals surface area contributed by atoms with Gasteiger partial charge < -0.3 is 14.6 Å². The summed E-state index contributed by atoms with van der Waals surface area (Å²) in [5, 5.41) is 6.32. The molecule has 0 fully saturated rings. The van der Waals surface area contributed by atoms with Gasteiger partial charge in [-0.2, -0.15) is 0 Å². The molecule has 0 aliphatic heterocycles. The molecule has 1 aromatic heterocycles. The van der Waals surface area contributed by atoms with Gasteiger partial charge in [0.1, 0.15) is 23.9 Å². The van der Waals surface area contributed by atoms with Crippen molar-refractivity contribution in [1.29, 1.82) is 0 Å². The van der Waals surface area contributed by atoms with Gasteiger partial charge >= 0.3 is 0 Å². The molecule has 1 N–H and O–H groups in total. The number of benzene rings is 2. The van der Waals surface area contributed by atoms with Crippen LogP contribution in [0.3, 0.4) is 0 Å². The van der Waals surface area contributed by atoms with Crippen LogP contribution in [0, 0.1) is 26.6 Å². The molecule has 1 amide bonds. The van der Waals surface area contributed by atoms with Crippen LogP contribution in [0.15, 0.2) is 45.4 Å². The van der Waals surface area contributed by atoms with Crippen LogP contribution in [0.5, 0.6) is 5.75 Å². The van der Waals surface area contributed by atoms with Crippen molar-refractivity contribution in [3.05, 3.63) is 74.8 Å². The summed E-state index contributed by atoms with van der Waals surface area (Å²) in [5.41, 5.74) is 2.78. The number of nitrogens with zero attached hydrogens (tertiary/aromatic N) is 1. The van der Waals surface area contributed by atoms with E-state index in [9.17, 15) is 9.18 Å². The third kappa shape index (κ3) is 4.36. The molecule has 0 spiro atoms. The van der Waals surface area contributed by atoms with Crippen molar-refractivity contribution in [2.75, 3.05) is 5.32 Å². The molecule has 7 heteroatoms. The van der Waals surface area contributed by atoms with Gasteiger partial charge in [0.25, 0.3) is 5.91 Å². The first-order chi connectivity index (χ1) is 12.8. The second-order valence-electron chi connectivity index (χ2n) is 6.20. The molecule has 0 radical (unpaired) electrons. The number of ether oxygens (including phenoxy) is 1. The van der Waals surface area contributed by atoms with E-state index in [-0.39, 0.29) is 18.0 Å². The quantitative estimate of drug-likeness (QED) is 0.591. The molecule has 3 rings (SSSR count). The van der Waals surface area contributed by atoms with Gasteiger partial charge in [-0.05, 0) is 50.6 Å². The van der Waals surface area contributed by atoms with Crippen LogP contribution in [0.1, 0.15) is 32.9 Å². The maximum Gasteiger partial charge on any atom is 0.278 e. The lowest BCUT2D eigenvalue weighted by molar-refractivity contribution is 0.101. The monoisotopic (exact) mass is 432 g/mol. The highest BCUT2D eigenvalue weighted by Gasteiger charge is 2.21. The predicted molar refractivity (Wildman–Crippen MR) is 104 cm³/mol. The second kappa shape index (κ2) is 7.92. The summed E-state index contributed by atoms with van der Waals surface area (Å²) in [4.78, 5) is 12.5. The van der Waals surface area contributed by atoms with E-state index in [0.29, 0.717) is 21.5 Å². The second-order valence-corrected chi connectivity index (χ2v) is 7.12. The molecule has 0 aliphatic rings. The molecule has 0 bridgehead atoms. The van der Waals surface area contributed by atoms with Gasteiger partial charge in [-0.3, -0.25) is 4.79 Å². The van der Waals surface area contributed by atoms with Crippen LogP contribution in [-0.4, -0.2) is 11.1 Å². The maximum atomic E-state index is 14.0. The van der Waals surface area contributed by atoms with Gasteiger partial charge in [0.15, 0.2) is 5.69 Å². The van der Waals surface area contributed by atoms with E-state index in [2.05, 4.69) is 26.4 Å². The van der Waals surface area contributed by atoms with E-state index in [1.807, 2.05) is 32.0 Å². The van der Waals surface area contributed by atoms with E-state index < -0.39 is 11.7 Å². The Bertz CT molecular complexity index is 1000. The van der Waals surface area contributed by atoms with Crippen molar-refractivity contribution in [3.63, 3.8) is 0 Å². The summed E-state index contributed by atoms with van der Waals surface area (Å²) < 4.78 is 25.5. The molecule has 2 aromatic carbocycles. The van der Waals surface area contributed by atoms with Crippen molar-refractivity contribution in [2.24, 2.45) is 0 Å². The Balaban J connectivity index is 1.78. The zero-order valence-corrected chi connectivity index (χ0v) is 16.7. The van der Waals surface area contributed by atoms with Crippen LogP contribution < -0.4 is 10.1 Å². The SMILES string of the molecule is Cc1ccc(OCc2c(C(=O)Nc3ccc(Br)cc3F)noc2C)c(C)c1. The molecule has 27 heavy (non-hydrogen) atoms. The Labute approximate surface area is 164 Å². The molecule has 140 valence electrons. The normalized spacial score (nSPS) is 10.7. The molecule has 0 atom stereocenters. The summed E-state index contributed by atoms with van der Waals surface area (Å²) in [7, 11) is 0. The van der Waals surface area contributed by atoms with Gasteiger partial charge in [-0.1, -0.05) is 38.8 Å². The average molecular weight is 433 g/mol. The highest BCUT2D eigenvalue weighted by Crippen LogP contribution is 2.24. The number of aryl methyl sites for hydroxylation is 3. The summed E-state index contributed by atoms with van der Waals surface area (Å²) in [5.74, 6) is 0.0750. The first kappa shape index (κ1) is 19.1. The van der Waals surface area contributed by atoms with Crippen molar-refractivity contribution in [1.82, 2.24) is 5.16 Å². The molecule has 0 aliphatic carbocycles. The number of aromatic nitrogens is 1. The fraction of sp³-hybridized carbons (Fsp3) is 0.200. The lowest BCUT2D eigenvalue weighted by Gasteiger charge is -2.10. The fourth-order valence-corrected chi connectivity index (χ4v) is 2.96. The van der Waals surface area contributed by atoms with E-state index in [1.54, 1.807) is 13.0 Å². The van der Waals surface area contributed by atoms with E-state index >= 15 is 0 Å². The molecule has 3 aromatic rings. The first-order valence-corrected chi connectivity index (χ1v) is 9.06. The van der Waals surface area contributed by atoms with Gasteiger partial charge in [0.05, 0.1) is 11.3 Å². The van der Waals surface area contributed by atoms with Crippen LogP contribution in [0.4, 0.5) is 10.1 Å². The molecule has 0 unspecified atom stereocenters. The number of amides is 1. The van der Waals surface area contributed by atoms with Crippen LogP contribution in [0.2, 0.25) is 0 Å². The zero-order valence-electron chi connectivity index (χ0n) is 15.1. The van der Waals surface area contributed by atoms with E-state index in [4.69, 9.17) is 9.26 Å². The number of carbonyl (C=O) groups is 1. The van der Waals surface area contributed by atoms with Crippen LogP contribution >= 0.6 is 15.9 Å². The summed E-state index contributed by atoms with van der Waals surface area (Å²) in [6, 6.07) is 10.2. The topological polar surface area (TPSA) is 64.4 Å². The first-order valence-electron chi connectivity index (χ1n) is 8.26. The lowest BCUT2D eigenvalue weighted by atomic mass is 10.1. The summed E-state index contributed by atoms with van der Waals surface area (Å²) in [6.07, 6.45) is 0. The number of anilines is 1. The fourth-order valence-electron chi connectivity index (χ4n) is 2.62. The van der Waals surface area contributed by atoms with E-state index in [0.717, 1.165) is 11.1 Å². The van der Waals surface area contributed by atoms with Crippen molar-refractivity contribution >= 4 is 27.5 Å². The Morgan fingerprint density at radius 2 is 2.00 bits per heavy atom. The summed E-state index contributed by atoms with van der Waals surface area (Å²) in [6.45, 7) is 5.77. The summed E-state index contributed by atoms with van der Waals surface area (Å²) >= 11 is 3.18. The average Bonchev–Trinajstić information content (AvgIpc) is 2.97. The zero-order chi connectivity index (χ0) is 19.6. The van der Waals surface area contributed by atoms with Crippen molar-refractivity contribution in [2.45, 2.75) is 27.4 Å². The highest BCUT2D eigenvalue weighted by atomic mass is 79.9. The number of nitrogens with one attached hydrogen (secondary N) is 1. The van der Waals surface area contributed by atoms with Crippen molar-refractivity contribution in [3.8, 4) is 5.75 Å². The molecule has 5 nitrogen and oxygen atoms in total. The van der Waals surface area contributed by atoms with Gasteiger partial charge in [-0.25, -0.2) is 4.39 Å². The predicted octanol–water partition coefficient (Wildman–Crippen LogP) is 5.33. The minimum absolute atomic E-state index is 0.0603. The van der Waals surface area contributed by atoms with Crippen LogP contribution in [0.25, 0.3) is 0 Å². The molecular weight excluding hydrogens is 415 g/mol.